The molecule has 10 heteroatoms. The van der Waals surface area contributed by atoms with Crippen molar-refractivity contribution in [1.82, 2.24) is 24.2 Å². The monoisotopic (exact) mass is 425 g/mol. The lowest BCUT2D eigenvalue weighted by atomic mass is 9.85. The van der Waals surface area contributed by atoms with Gasteiger partial charge in [-0.15, -0.1) is 0 Å². The van der Waals surface area contributed by atoms with Crippen molar-refractivity contribution in [2.24, 2.45) is 5.92 Å². The summed E-state index contributed by atoms with van der Waals surface area (Å²) in [5.41, 5.74) is -2.54. The quantitative estimate of drug-likeness (QED) is 0.820. The maximum absolute atomic E-state index is 13.3. The predicted octanol–water partition coefficient (Wildman–Crippen LogP) is 3.18. The van der Waals surface area contributed by atoms with Crippen LogP contribution in [-0.4, -0.2) is 48.0 Å². The smallest absolute Gasteiger partial charge is 0.374 e. The summed E-state index contributed by atoms with van der Waals surface area (Å²) in [7, 11) is 0. The summed E-state index contributed by atoms with van der Waals surface area (Å²) in [6, 6.07) is 1.78. The molecule has 1 saturated carbocycles. The van der Waals surface area contributed by atoms with E-state index in [1.54, 1.807) is 18.0 Å². The predicted molar refractivity (Wildman–Crippen MR) is 101 cm³/mol. The Bertz CT molecular complexity index is 898. The van der Waals surface area contributed by atoms with Crippen LogP contribution in [0.3, 0.4) is 0 Å². The van der Waals surface area contributed by atoms with Gasteiger partial charge in [-0.05, 0) is 45.6 Å². The molecule has 1 fully saturated rings. The van der Waals surface area contributed by atoms with Crippen LogP contribution in [0.5, 0.6) is 0 Å². The van der Waals surface area contributed by atoms with Crippen LogP contribution in [0.25, 0.3) is 0 Å². The third-order valence-corrected chi connectivity index (χ3v) is 6.40. The average Bonchev–Trinajstić information content (AvgIpc) is 3.37. The van der Waals surface area contributed by atoms with Gasteiger partial charge in [0, 0.05) is 24.9 Å². The van der Waals surface area contributed by atoms with Gasteiger partial charge in [0.25, 0.3) is 0 Å². The highest BCUT2D eigenvalue weighted by Gasteiger charge is 2.55. The Kier molecular flexibility index (Phi) is 5.16. The summed E-state index contributed by atoms with van der Waals surface area (Å²) >= 11 is 0. The molecule has 7 nitrogen and oxygen atoms in total. The van der Waals surface area contributed by atoms with Crippen LogP contribution in [0.15, 0.2) is 24.7 Å². The normalized spacial score (nSPS) is 26.9. The molecule has 1 N–H and O–H groups in total. The molecule has 1 aliphatic heterocycles. The molecular formula is C20H26F3N5O2. The van der Waals surface area contributed by atoms with E-state index in [1.165, 1.54) is 10.8 Å². The lowest BCUT2D eigenvalue weighted by molar-refractivity contribution is -0.263. The van der Waals surface area contributed by atoms with Crippen LogP contribution in [0.4, 0.5) is 13.2 Å². The van der Waals surface area contributed by atoms with E-state index in [4.69, 9.17) is 0 Å². The molecule has 0 radical (unpaired) electrons. The van der Waals surface area contributed by atoms with Crippen molar-refractivity contribution in [2.75, 3.05) is 6.54 Å². The zero-order valence-corrected chi connectivity index (χ0v) is 17.0. The van der Waals surface area contributed by atoms with E-state index in [0.717, 1.165) is 25.7 Å². The first-order valence-electron chi connectivity index (χ1n) is 10.2. The van der Waals surface area contributed by atoms with Gasteiger partial charge < -0.3 is 14.6 Å². The lowest BCUT2D eigenvalue weighted by Gasteiger charge is -2.38. The van der Waals surface area contributed by atoms with Crippen LogP contribution < -0.4 is 0 Å². The first kappa shape index (κ1) is 20.9. The molecule has 2 aliphatic rings. The molecule has 0 aromatic carbocycles. The first-order valence-corrected chi connectivity index (χ1v) is 10.2. The van der Waals surface area contributed by atoms with Gasteiger partial charge in [-0.25, -0.2) is 4.98 Å². The van der Waals surface area contributed by atoms with Gasteiger partial charge in [-0.3, -0.25) is 9.48 Å². The Hall–Kier alpha value is -2.36. The second-order valence-electron chi connectivity index (χ2n) is 8.57. The fourth-order valence-corrected chi connectivity index (χ4v) is 4.66. The first-order chi connectivity index (χ1) is 14.1. The number of alkyl halides is 3. The number of aliphatic hydroxyl groups is 1. The fraction of sp³-hybridized carbons (Fsp3) is 0.650. The summed E-state index contributed by atoms with van der Waals surface area (Å²) in [6.07, 6.45) is 3.46. The van der Waals surface area contributed by atoms with E-state index in [2.05, 4.69) is 10.1 Å². The maximum atomic E-state index is 13.3. The summed E-state index contributed by atoms with van der Waals surface area (Å²) < 4.78 is 43.3. The highest BCUT2D eigenvalue weighted by molar-refractivity contribution is 5.79. The van der Waals surface area contributed by atoms with Crippen molar-refractivity contribution >= 4 is 5.91 Å². The summed E-state index contributed by atoms with van der Waals surface area (Å²) in [5, 5.41) is 14.4. The number of nitrogens with zero attached hydrogens (tertiary/aromatic N) is 5. The molecule has 164 valence electrons. The zero-order valence-electron chi connectivity index (χ0n) is 17.0. The van der Waals surface area contributed by atoms with Gasteiger partial charge in [0.1, 0.15) is 0 Å². The van der Waals surface area contributed by atoms with E-state index >= 15 is 0 Å². The van der Waals surface area contributed by atoms with Crippen molar-refractivity contribution in [3.63, 3.8) is 0 Å². The second kappa shape index (κ2) is 7.40. The van der Waals surface area contributed by atoms with Crippen LogP contribution in [-0.2, 0) is 16.9 Å². The van der Waals surface area contributed by atoms with Crippen LogP contribution in [0, 0.1) is 5.92 Å². The van der Waals surface area contributed by atoms with Gasteiger partial charge in [-0.1, -0.05) is 0 Å². The SMILES string of the molecule is C[C@H]1CN(C(=O)C2CCC(n3cccn3)CC2)Cc2cnc([C@@](C)(O)C(F)(F)F)n21. The molecule has 2 aromatic rings. The summed E-state index contributed by atoms with van der Waals surface area (Å²) in [6.45, 7) is 2.95. The van der Waals surface area contributed by atoms with E-state index in [-0.39, 0.29) is 18.4 Å². The molecule has 1 amide bonds. The molecule has 3 heterocycles. The molecule has 4 rings (SSSR count). The van der Waals surface area contributed by atoms with Gasteiger partial charge in [0.2, 0.25) is 11.5 Å². The summed E-state index contributed by atoms with van der Waals surface area (Å²) in [4.78, 5) is 18.7. The van der Waals surface area contributed by atoms with E-state index in [1.807, 2.05) is 16.9 Å². The molecule has 2 atom stereocenters. The number of fused-ring (bicyclic) bond motifs is 1. The zero-order chi connectivity index (χ0) is 21.7. The van der Waals surface area contributed by atoms with Crippen LogP contribution >= 0.6 is 0 Å². The van der Waals surface area contributed by atoms with Crippen molar-refractivity contribution in [1.29, 1.82) is 0 Å². The van der Waals surface area contributed by atoms with E-state index in [0.29, 0.717) is 25.2 Å². The molecule has 30 heavy (non-hydrogen) atoms. The maximum Gasteiger partial charge on any atom is 0.424 e. The van der Waals surface area contributed by atoms with Gasteiger partial charge in [-0.2, -0.15) is 18.3 Å². The van der Waals surface area contributed by atoms with Crippen molar-refractivity contribution in [2.45, 2.75) is 69.9 Å². The topological polar surface area (TPSA) is 76.2 Å². The van der Waals surface area contributed by atoms with Gasteiger partial charge in [0.05, 0.1) is 30.5 Å². The number of hydrogen-bond acceptors (Lipinski definition) is 4. The van der Waals surface area contributed by atoms with E-state index in [9.17, 15) is 23.1 Å². The molecular weight excluding hydrogens is 399 g/mol. The summed E-state index contributed by atoms with van der Waals surface area (Å²) in [5.74, 6) is -0.474. The number of hydrogen-bond donors (Lipinski definition) is 1. The highest BCUT2D eigenvalue weighted by Crippen LogP contribution is 2.40. The largest absolute Gasteiger partial charge is 0.424 e. The Labute approximate surface area is 172 Å². The number of imidazole rings is 1. The Morgan fingerprint density at radius 2 is 1.93 bits per heavy atom. The number of rotatable bonds is 3. The minimum absolute atomic E-state index is 0.0392. The molecule has 0 bridgehead atoms. The van der Waals surface area contributed by atoms with Gasteiger partial charge >= 0.3 is 6.18 Å². The van der Waals surface area contributed by atoms with Crippen molar-refractivity contribution < 1.29 is 23.1 Å². The van der Waals surface area contributed by atoms with Crippen LogP contribution in [0.2, 0.25) is 0 Å². The lowest BCUT2D eigenvalue weighted by Crippen LogP contribution is -2.47. The Balaban J connectivity index is 1.46. The van der Waals surface area contributed by atoms with E-state index < -0.39 is 23.6 Å². The standard InChI is InChI=1S/C20H26F3N5O2/c1-13-11-26(12-16-10-24-18(28(13)16)19(2,30)20(21,22)23)17(29)14-4-6-15(7-5-14)27-9-3-8-25-27/h3,8-10,13-15,30H,4-7,11-12H2,1-2H3/t13-,14?,15?,19+/m0/s1. The van der Waals surface area contributed by atoms with Crippen molar-refractivity contribution in [3.05, 3.63) is 36.2 Å². The number of aromatic nitrogens is 4. The average molecular weight is 425 g/mol. The highest BCUT2D eigenvalue weighted by atomic mass is 19.4. The number of carbonyl (C=O) groups excluding carboxylic acids is 1. The molecule has 1 aliphatic carbocycles. The molecule has 0 spiro atoms. The Morgan fingerprint density at radius 1 is 1.23 bits per heavy atom. The van der Waals surface area contributed by atoms with Crippen LogP contribution in [0.1, 0.15) is 63.1 Å². The fourth-order valence-electron chi connectivity index (χ4n) is 4.66. The van der Waals surface area contributed by atoms with Crippen molar-refractivity contribution in [3.8, 4) is 0 Å². The third kappa shape index (κ3) is 3.51. The number of amides is 1. The number of carbonyl (C=O) groups is 1. The minimum Gasteiger partial charge on any atom is -0.374 e. The Morgan fingerprint density at radius 3 is 2.53 bits per heavy atom. The molecule has 2 aromatic heterocycles. The third-order valence-electron chi connectivity index (χ3n) is 6.40. The van der Waals surface area contributed by atoms with Gasteiger partial charge in [0.15, 0.2) is 5.82 Å². The second-order valence-corrected chi connectivity index (χ2v) is 8.57. The number of halogens is 3. The molecule has 0 unspecified atom stereocenters. The molecule has 0 saturated heterocycles. The minimum atomic E-state index is -4.84.